The second kappa shape index (κ2) is 7.65. The first-order chi connectivity index (χ1) is 13.8. The molecule has 1 aromatic rings. The minimum atomic E-state index is -1.27. The van der Waals surface area contributed by atoms with Gasteiger partial charge >= 0.3 is 18.2 Å². The van der Waals surface area contributed by atoms with E-state index in [-0.39, 0.29) is 23.7 Å². The Balaban J connectivity index is 2.32. The maximum atomic E-state index is 12.7. The van der Waals surface area contributed by atoms with E-state index in [0.717, 1.165) is 17.6 Å². The maximum absolute atomic E-state index is 12.7. The van der Waals surface area contributed by atoms with Gasteiger partial charge in [-0.2, -0.15) is 0 Å². The lowest BCUT2D eigenvalue weighted by Crippen LogP contribution is -2.61. The van der Waals surface area contributed by atoms with Crippen molar-refractivity contribution >= 4 is 23.8 Å². The molecule has 9 heteroatoms. The number of nitrogens with zero attached hydrogens (tertiary/aromatic N) is 2. The van der Waals surface area contributed by atoms with Gasteiger partial charge in [0.1, 0.15) is 11.3 Å². The van der Waals surface area contributed by atoms with E-state index in [1.54, 1.807) is 6.07 Å². The van der Waals surface area contributed by atoms with Gasteiger partial charge in [-0.25, -0.2) is 14.4 Å². The molecule has 0 spiro atoms. The highest BCUT2D eigenvalue weighted by molar-refractivity contribution is 5.99. The number of ether oxygens (including phenoxy) is 3. The SMILES string of the molecule is COC(=O)C1=C(O)CC2c3cc(C(C)C)ccc3N(C(=O)OC)C1N2C(=O)OC. The van der Waals surface area contributed by atoms with Crippen LogP contribution < -0.4 is 4.90 Å². The first-order valence-electron chi connectivity index (χ1n) is 9.14. The van der Waals surface area contributed by atoms with Gasteiger partial charge in [-0.3, -0.25) is 9.80 Å². The Morgan fingerprint density at radius 1 is 1.07 bits per heavy atom. The van der Waals surface area contributed by atoms with Crippen LogP contribution in [0.5, 0.6) is 0 Å². The van der Waals surface area contributed by atoms with Crippen LogP contribution in [-0.2, 0) is 19.0 Å². The third-order valence-electron chi connectivity index (χ3n) is 5.30. The Bertz CT molecular complexity index is 893. The molecule has 0 saturated carbocycles. The number of carbonyl (C=O) groups is 3. The van der Waals surface area contributed by atoms with Crippen LogP contribution in [0.25, 0.3) is 0 Å². The van der Waals surface area contributed by atoms with Crippen molar-refractivity contribution in [1.29, 1.82) is 0 Å². The number of rotatable bonds is 2. The molecular formula is C20H24N2O7. The lowest BCUT2D eigenvalue weighted by molar-refractivity contribution is -0.137. The summed E-state index contributed by atoms with van der Waals surface area (Å²) in [5, 5.41) is 10.6. The summed E-state index contributed by atoms with van der Waals surface area (Å²) in [5.41, 5.74) is 1.93. The zero-order valence-electron chi connectivity index (χ0n) is 17.0. The van der Waals surface area contributed by atoms with Crippen LogP contribution in [-0.4, -0.2) is 55.7 Å². The minimum absolute atomic E-state index is 0.0143. The van der Waals surface area contributed by atoms with Crippen LogP contribution >= 0.6 is 0 Å². The maximum Gasteiger partial charge on any atom is 0.416 e. The van der Waals surface area contributed by atoms with Crippen molar-refractivity contribution in [1.82, 2.24) is 4.90 Å². The highest BCUT2D eigenvalue weighted by atomic mass is 16.6. The smallest absolute Gasteiger partial charge is 0.416 e. The number of amides is 2. The predicted octanol–water partition coefficient (Wildman–Crippen LogP) is 3.22. The zero-order chi connectivity index (χ0) is 21.5. The van der Waals surface area contributed by atoms with Crippen LogP contribution in [0.2, 0.25) is 0 Å². The third-order valence-corrected chi connectivity index (χ3v) is 5.30. The molecule has 2 atom stereocenters. The number of carbonyl (C=O) groups excluding carboxylic acids is 3. The summed E-state index contributed by atoms with van der Waals surface area (Å²) < 4.78 is 14.7. The molecule has 1 aromatic carbocycles. The molecule has 9 nitrogen and oxygen atoms in total. The first kappa shape index (κ1) is 20.5. The molecule has 2 amide bonds. The second-order valence-corrected chi connectivity index (χ2v) is 7.14. The van der Waals surface area contributed by atoms with E-state index < -0.39 is 30.4 Å². The van der Waals surface area contributed by atoms with Gasteiger partial charge in [0.2, 0.25) is 0 Å². The average Bonchev–Trinajstić information content (AvgIpc) is 2.71. The van der Waals surface area contributed by atoms with Crippen LogP contribution in [0, 0.1) is 0 Å². The summed E-state index contributed by atoms with van der Waals surface area (Å²) >= 11 is 0. The Labute approximate surface area is 168 Å². The Morgan fingerprint density at radius 2 is 1.72 bits per heavy atom. The van der Waals surface area contributed by atoms with E-state index >= 15 is 0 Å². The quantitative estimate of drug-likeness (QED) is 0.596. The molecule has 2 unspecified atom stereocenters. The molecule has 0 fully saturated rings. The molecule has 2 aliphatic heterocycles. The number of esters is 1. The summed E-state index contributed by atoms with van der Waals surface area (Å²) in [4.78, 5) is 40.3. The van der Waals surface area contributed by atoms with Crippen molar-refractivity contribution in [2.75, 3.05) is 26.2 Å². The molecule has 3 rings (SSSR count). The van der Waals surface area contributed by atoms with Gasteiger partial charge in [0, 0.05) is 6.42 Å². The Morgan fingerprint density at radius 3 is 2.28 bits per heavy atom. The van der Waals surface area contributed by atoms with Gasteiger partial charge in [0.15, 0.2) is 6.17 Å². The highest BCUT2D eigenvalue weighted by Crippen LogP contribution is 2.48. The number of methoxy groups -OCH3 is 3. The van der Waals surface area contributed by atoms with E-state index in [2.05, 4.69) is 0 Å². The van der Waals surface area contributed by atoms with E-state index in [9.17, 15) is 19.5 Å². The average molecular weight is 404 g/mol. The van der Waals surface area contributed by atoms with Gasteiger partial charge in [-0.15, -0.1) is 0 Å². The van der Waals surface area contributed by atoms with E-state index in [0.29, 0.717) is 11.3 Å². The van der Waals surface area contributed by atoms with Gasteiger partial charge in [0.25, 0.3) is 0 Å². The highest BCUT2D eigenvalue weighted by Gasteiger charge is 2.53. The van der Waals surface area contributed by atoms with Gasteiger partial charge < -0.3 is 19.3 Å². The van der Waals surface area contributed by atoms with Gasteiger partial charge in [-0.1, -0.05) is 26.0 Å². The fraction of sp³-hybridized carbons (Fsp3) is 0.450. The number of fused-ring (bicyclic) bond motifs is 4. The number of hydrogen-bond donors (Lipinski definition) is 1. The number of hydrogen-bond acceptors (Lipinski definition) is 7. The van der Waals surface area contributed by atoms with Crippen molar-refractivity contribution in [2.45, 2.75) is 38.4 Å². The topological polar surface area (TPSA) is 106 Å². The van der Waals surface area contributed by atoms with Crippen molar-refractivity contribution in [3.05, 3.63) is 40.7 Å². The summed E-state index contributed by atoms with van der Waals surface area (Å²) in [6.07, 6.45) is -2.82. The Kier molecular flexibility index (Phi) is 5.41. The van der Waals surface area contributed by atoms with Crippen molar-refractivity contribution in [2.24, 2.45) is 0 Å². The predicted molar refractivity (Wildman–Crippen MR) is 102 cm³/mol. The molecule has 1 N–H and O–H groups in total. The normalized spacial score (nSPS) is 20.3. The van der Waals surface area contributed by atoms with E-state index in [1.807, 2.05) is 26.0 Å². The van der Waals surface area contributed by atoms with E-state index in [4.69, 9.17) is 14.2 Å². The molecule has 2 bridgehead atoms. The van der Waals surface area contributed by atoms with Gasteiger partial charge in [0.05, 0.1) is 33.1 Å². The van der Waals surface area contributed by atoms with Crippen molar-refractivity contribution < 1.29 is 33.7 Å². The molecule has 0 aromatic heterocycles. The second-order valence-electron chi connectivity index (χ2n) is 7.14. The van der Waals surface area contributed by atoms with E-state index in [1.165, 1.54) is 19.1 Å². The monoisotopic (exact) mass is 404 g/mol. The van der Waals surface area contributed by atoms with Crippen LogP contribution in [0.4, 0.5) is 15.3 Å². The molecule has 0 saturated heterocycles. The standard InChI is InChI=1S/C20H24N2O7/c1-10(2)11-6-7-13-12(8-11)14-9-15(23)16(18(24)27-3)17(21(13)19(25)28-4)22(14)20(26)29-5/h6-8,10,14,17,23H,9H2,1-5H3. The van der Waals surface area contributed by atoms with Crippen molar-refractivity contribution in [3.63, 3.8) is 0 Å². The summed E-state index contributed by atoms with van der Waals surface area (Å²) in [5.74, 6) is -0.896. The molecule has 0 aliphatic carbocycles. The molecular weight excluding hydrogens is 380 g/mol. The number of aliphatic hydroxyl groups excluding tert-OH is 1. The van der Waals surface area contributed by atoms with Crippen LogP contribution in [0.1, 0.15) is 43.4 Å². The molecule has 29 heavy (non-hydrogen) atoms. The summed E-state index contributed by atoms with van der Waals surface area (Å²) in [6.45, 7) is 4.05. The largest absolute Gasteiger partial charge is 0.512 e. The van der Waals surface area contributed by atoms with Crippen LogP contribution in [0.15, 0.2) is 29.5 Å². The molecule has 2 aliphatic rings. The lowest BCUT2D eigenvalue weighted by atomic mass is 9.85. The lowest BCUT2D eigenvalue weighted by Gasteiger charge is -2.50. The first-order valence-corrected chi connectivity index (χ1v) is 9.14. The summed E-state index contributed by atoms with van der Waals surface area (Å²) in [7, 11) is 3.57. The molecule has 0 radical (unpaired) electrons. The molecule has 156 valence electrons. The third kappa shape index (κ3) is 3.16. The molecule has 2 heterocycles. The summed E-state index contributed by atoms with van der Waals surface area (Å²) in [6, 6.07) is 4.90. The number of anilines is 1. The fourth-order valence-electron chi connectivity index (χ4n) is 3.88. The Hall–Kier alpha value is -3.23. The van der Waals surface area contributed by atoms with Crippen molar-refractivity contribution in [3.8, 4) is 0 Å². The minimum Gasteiger partial charge on any atom is -0.512 e. The fourth-order valence-corrected chi connectivity index (χ4v) is 3.88. The van der Waals surface area contributed by atoms with Gasteiger partial charge in [-0.05, 0) is 23.1 Å². The number of benzene rings is 1. The van der Waals surface area contributed by atoms with Crippen LogP contribution in [0.3, 0.4) is 0 Å². The zero-order valence-corrected chi connectivity index (χ0v) is 17.0. The number of aliphatic hydroxyl groups is 1.